The van der Waals surface area contributed by atoms with Crippen LogP contribution in [0.5, 0.6) is 11.5 Å². The van der Waals surface area contributed by atoms with Gasteiger partial charge in [0.15, 0.2) is 0 Å². The third-order valence-corrected chi connectivity index (χ3v) is 7.04. The molecular formula is C36H33NO. The van der Waals surface area contributed by atoms with Crippen molar-refractivity contribution >= 4 is 11.4 Å². The molecule has 0 aliphatic carbocycles. The lowest BCUT2D eigenvalue weighted by Gasteiger charge is -2.24. The lowest BCUT2D eigenvalue weighted by Crippen LogP contribution is -2.09. The first kappa shape index (κ1) is 25.1. The van der Waals surface area contributed by atoms with Crippen molar-refractivity contribution < 1.29 is 4.74 Å². The second kappa shape index (κ2) is 10.8. The number of anilines is 2. The van der Waals surface area contributed by atoms with Crippen molar-refractivity contribution in [1.29, 1.82) is 0 Å². The molecule has 2 nitrogen and oxygen atoms in total. The van der Waals surface area contributed by atoms with E-state index in [-0.39, 0.29) is 0 Å². The normalized spacial score (nSPS) is 10.7. The van der Waals surface area contributed by atoms with Crippen LogP contribution in [0.2, 0.25) is 0 Å². The Labute approximate surface area is 226 Å². The lowest BCUT2D eigenvalue weighted by atomic mass is 9.95. The fourth-order valence-corrected chi connectivity index (χ4v) is 5.02. The highest BCUT2D eigenvalue weighted by Gasteiger charge is 2.14. The molecule has 5 rings (SSSR count). The van der Waals surface area contributed by atoms with E-state index in [1.165, 1.54) is 44.5 Å². The van der Waals surface area contributed by atoms with Gasteiger partial charge in [-0.2, -0.15) is 0 Å². The highest BCUT2D eigenvalue weighted by Crippen LogP contribution is 2.37. The standard InChI is InChI=1S/C36H33NO/c1-6-37(36-17-11-16-34(28(36)5)29-12-8-7-9-13-29)30-14-10-15-31(24-30)38-32-20-21-33(27(4)23-32)35-22-25(2)18-19-26(35)3/h6-24H,1H2,2-5H3. The van der Waals surface area contributed by atoms with Crippen LogP contribution in [-0.2, 0) is 0 Å². The molecule has 0 fully saturated rings. The Morgan fingerprint density at radius 2 is 1.37 bits per heavy atom. The van der Waals surface area contributed by atoms with Gasteiger partial charge in [-0.05, 0) is 97.0 Å². The van der Waals surface area contributed by atoms with Gasteiger partial charge in [-0.1, -0.05) is 84.9 Å². The highest BCUT2D eigenvalue weighted by atomic mass is 16.5. The molecule has 0 bridgehead atoms. The average molecular weight is 496 g/mol. The van der Waals surface area contributed by atoms with E-state index in [2.05, 4.69) is 130 Å². The topological polar surface area (TPSA) is 12.5 Å². The van der Waals surface area contributed by atoms with Crippen molar-refractivity contribution in [3.8, 4) is 33.8 Å². The second-order valence-electron chi connectivity index (χ2n) is 9.76. The molecule has 0 aromatic heterocycles. The molecule has 0 N–H and O–H groups in total. The van der Waals surface area contributed by atoms with Crippen LogP contribution >= 0.6 is 0 Å². The molecule has 0 radical (unpaired) electrons. The molecule has 0 heterocycles. The van der Waals surface area contributed by atoms with Crippen molar-refractivity contribution in [2.24, 2.45) is 0 Å². The Bertz CT molecular complexity index is 1600. The number of aryl methyl sites for hydroxylation is 3. The molecule has 2 heteroatoms. The van der Waals surface area contributed by atoms with Gasteiger partial charge in [-0.15, -0.1) is 0 Å². The number of benzene rings is 5. The SMILES string of the molecule is C=CN(c1cccc(Oc2ccc(-c3cc(C)ccc3C)c(C)c2)c1)c1cccc(-c2ccccc2)c1C. The van der Waals surface area contributed by atoms with Crippen LogP contribution in [0, 0.1) is 27.7 Å². The Morgan fingerprint density at radius 3 is 2.13 bits per heavy atom. The zero-order valence-corrected chi connectivity index (χ0v) is 22.5. The molecule has 0 aliphatic rings. The van der Waals surface area contributed by atoms with Gasteiger partial charge >= 0.3 is 0 Å². The summed E-state index contributed by atoms with van der Waals surface area (Å²) < 4.78 is 6.34. The van der Waals surface area contributed by atoms with E-state index in [1.54, 1.807) is 0 Å². The molecule has 5 aromatic carbocycles. The van der Waals surface area contributed by atoms with E-state index >= 15 is 0 Å². The van der Waals surface area contributed by atoms with Crippen LogP contribution in [0.15, 0.2) is 122 Å². The predicted octanol–water partition coefficient (Wildman–Crippen LogP) is 10.3. The first-order valence-corrected chi connectivity index (χ1v) is 13.0. The molecule has 0 saturated carbocycles. The number of rotatable bonds is 7. The minimum Gasteiger partial charge on any atom is -0.457 e. The summed E-state index contributed by atoms with van der Waals surface area (Å²) in [6.45, 7) is 12.7. The summed E-state index contributed by atoms with van der Waals surface area (Å²) in [6, 6.07) is 37.9. The Hall–Kier alpha value is -4.56. The minimum atomic E-state index is 0.783. The monoisotopic (exact) mass is 495 g/mol. The fraction of sp³-hybridized carbons (Fsp3) is 0.111. The maximum absolute atomic E-state index is 6.34. The summed E-state index contributed by atoms with van der Waals surface area (Å²) in [5.41, 5.74) is 11.9. The zero-order chi connectivity index (χ0) is 26.6. The van der Waals surface area contributed by atoms with E-state index in [9.17, 15) is 0 Å². The molecule has 188 valence electrons. The van der Waals surface area contributed by atoms with Gasteiger partial charge in [0, 0.05) is 23.6 Å². The maximum Gasteiger partial charge on any atom is 0.129 e. The lowest BCUT2D eigenvalue weighted by molar-refractivity contribution is 0.482. The van der Waals surface area contributed by atoms with Crippen molar-refractivity contribution in [1.82, 2.24) is 0 Å². The highest BCUT2D eigenvalue weighted by molar-refractivity contribution is 5.79. The predicted molar refractivity (Wildman–Crippen MR) is 162 cm³/mol. The van der Waals surface area contributed by atoms with Gasteiger partial charge in [-0.25, -0.2) is 0 Å². The molecule has 0 saturated heterocycles. The summed E-state index contributed by atoms with van der Waals surface area (Å²) in [4.78, 5) is 2.11. The first-order chi connectivity index (χ1) is 18.4. The van der Waals surface area contributed by atoms with Gasteiger partial charge in [-0.3, -0.25) is 0 Å². The molecule has 38 heavy (non-hydrogen) atoms. The third-order valence-electron chi connectivity index (χ3n) is 7.04. The molecule has 0 unspecified atom stereocenters. The number of hydrogen-bond donors (Lipinski definition) is 0. The maximum atomic E-state index is 6.34. The number of ether oxygens (including phenoxy) is 1. The van der Waals surface area contributed by atoms with Gasteiger partial charge in [0.25, 0.3) is 0 Å². The van der Waals surface area contributed by atoms with E-state index in [4.69, 9.17) is 4.74 Å². The van der Waals surface area contributed by atoms with E-state index in [1.807, 2.05) is 24.4 Å². The molecule has 0 amide bonds. The van der Waals surface area contributed by atoms with Crippen molar-refractivity contribution in [2.75, 3.05) is 4.90 Å². The number of nitrogens with zero attached hydrogens (tertiary/aromatic N) is 1. The Balaban J connectivity index is 1.43. The summed E-state index contributed by atoms with van der Waals surface area (Å²) in [5.74, 6) is 1.60. The molecule has 0 atom stereocenters. The largest absolute Gasteiger partial charge is 0.457 e. The minimum absolute atomic E-state index is 0.783. The summed E-state index contributed by atoms with van der Waals surface area (Å²) in [5, 5.41) is 0. The van der Waals surface area contributed by atoms with Gasteiger partial charge in [0.1, 0.15) is 11.5 Å². The summed E-state index contributed by atoms with van der Waals surface area (Å²) >= 11 is 0. The van der Waals surface area contributed by atoms with Crippen LogP contribution in [0.25, 0.3) is 22.3 Å². The van der Waals surface area contributed by atoms with E-state index < -0.39 is 0 Å². The van der Waals surface area contributed by atoms with Gasteiger partial charge in [0.05, 0.1) is 0 Å². The average Bonchev–Trinajstić information content (AvgIpc) is 2.92. The van der Waals surface area contributed by atoms with Crippen LogP contribution in [0.1, 0.15) is 22.3 Å². The van der Waals surface area contributed by atoms with E-state index in [0.29, 0.717) is 0 Å². The smallest absolute Gasteiger partial charge is 0.129 e. The first-order valence-electron chi connectivity index (χ1n) is 13.0. The second-order valence-corrected chi connectivity index (χ2v) is 9.76. The number of hydrogen-bond acceptors (Lipinski definition) is 2. The molecular weight excluding hydrogens is 462 g/mol. The molecule has 5 aromatic rings. The summed E-state index contributed by atoms with van der Waals surface area (Å²) in [6.07, 6.45) is 1.86. The molecule has 0 spiro atoms. The van der Waals surface area contributed by atoms with Crippen LogP contribution in [0.3, 0.4) is 0 Å². The molecule has 0 aliphatic heterocycles. The van der Waals surface area contributed by atoms with Crippen molar-refractivity contribution in [3.63, 3.8) is 0 Å². The quantitative estimate of drug-likeness (QED) is 0.223. The zero-order valence-electron chi connectivity index (χ0n) is 22.5. The van der Waals surface area contributed by atoms with Crippen molar-refractivity contribution in [2.45, 2.75) is 27.7 Å². The fourth-order valence-electron chi connectivity index (χ4n) is 5.02. The van der Waals surface area contributed by atoms with Crippen molar-refractivity contribution in [3.05, 3.63) is 144 Å². The Kier molecular flexibility index (Phi) is 7.15. The van der Waals surface area contributed by atoms with Crippen LogP contribution in [0.4, 0.5) is 11.4 Å². The van der Waals surface area contributed by atoms with Gasteiger partial charge in [0.2, 0.25) is 0 Å². The van der Waals surface area contributed by atoms with Gasteiger partial charge < -0.3 is 9.64 Å². The Morgan fingerprint density at radius 1 is 0.605 bits per heavy atom. The van der Waals surface area contributed by atoms with E-state index in [0.717, 1.165) is 22.9 Å². The van der Waals surface area contributed by atoms with Crippen LogP contribution < -0.4 is 9.64 Å². The van der Waals surface area contributed by atoms with Crippen LogP contribution in [-0.4, -0.2) is 0 Å². The third kappa shape index (κ3) is 5.12. The summed E-state index contributed by atoms with van der Waals surface area (Å²) in [7, 11) is 0.